The molecule has 3 aromatic rings. The first-order valence-corrected chi connectivity index (χ1v) is 7.07. The lowest BCUT2D eigenvalue weighted by Gasteiger charge is -2.16. The zero-order chi connectivity index (χ0) is 15.5. The van der Waals surface area contributed by atoms with Crippen molar-refractivity contribution in [3.05, 3.63) is 36.3 Å². The van der Waals surface area contributed by atoms with Gasteiger partial charge in [0.05, 0.1) is 22.6 Å². The van der Waals surface area contributed by atoms with Gasteiger partial charge >= 0.3 is 0 Å². The number of fused-ring (bicyclic) bond motifs is 2. The molecule has 0 fully saturated rings. The molecule has 0 saturated carbocycles. The van der Waals surface area contributed by atoms with Crippen molar-refractivity contribution in [2.45, 2.75) is 19.3 Å². The average molecular weight is 293 g/mol. The summed E-state index contributed by atoms with van der Waals surface area (Å²) < 4.78 is 0. The van der Waals surface area contributed by atoms with Crippen LogP contribution in [-0.2, 0) is 10.2 Å². The normalized spacial score (nSPS) is 16.3. The van der Waals surface area contributed by atoms with E-state index < -0.39 is 5.41 Å². The summed E-state index contributed by atoms with van der Waals surface area (Å²) in [7, 11) is 1.81. The molecular weight excluding hydrogens is 278 g/mol. The first-order valence-electron chi connectivity index (χ1n) is 7.07. The lowest BCUT2D eigenvalue weighted by Crippen LogP contribution is -2.33. The third kappa shape index (κ3) is 1.60. The van der Waals surface area contributed by atoms with Crippen LogP contribution in [0, 0.1) is 0 Å². The molecule has 1 N–H and O–H groups in total. The summed E-state index contributed by atoms with van der Waals surface area (Å²) in [4.78, 5) is 30.2. The number of hydrogen-bond donors (Lipinski definition) is 1. The van der Waals surface area contributed by atoms with Crippen molar-refractivity contribution in [2.75, 3.05) is 11.9 Å². The van der Waals surface area contributed by atoms with E-state index in [0.29, 0.717) is 11.5 Å². The van der Waals surface area contributed by atoms with Gasteiger partial charge in [0.1, 0.15) is 5.69 Å². The SMILES string of the molecule is CN1C(=O)C(C)(C)c2cc3nc(-c4cnccn4)[nH]c3cc21. The minimum Gasteiger partial charge on any atom is -0.337 e. The molecular formula is C16H15N5O. The Kier molecular flexibility index (Phi) is 2.43. The lowest BCUT2D eigenvalue weighted by molar-refractivity contribution is -0.121. The van der Waals surface area contributed by atoms with Crippen LogP contribution in [0.2, 0.25) is 0 Å². The molecule has 1 aromatic carbocycles. The van der Waals surface area contributed by atoms with Gasteiger partial charge in [-0.25, -0.2) is 9.97 Å². The number of anilines is 1. The number of rotatable bonds is 1. The number of likely N-dealkylation sites (N-methyl/N-ethyl adjacent to an activating group) is 1. The van der Waals surface area contributed by atoms with E-state index in [2.05, 4.69) is 19.9 Å². The van der Waals surface area contributed by atoms with Gasteiger partial charge in [-0.1, -0.05) is 0 Å². The summed E-state index contributed by atoms with van der Waals surface area (Å²) >= 11 is 0. The molecule has 1 amide bonds. The third-order valence-electron chi connectivity index (χ3n) is 4.28. The van der Waals surface area contributed by atoms with E-state index in [1.165, 1.54) is 0 Å². The monoisotopic (exact) mass is 293 g/mol. The highest BCUT2D eigenvalue weighted by Crippen LogP contribution is 2.42. The second-order valence-corrected chi connectivity index (χ2v) is 6.05. The van der Waals surface area contributed by atoms with Crippen molar-refractivity contribution in [3.63, 3.8) is 0 Å². The van der Waals surface area contributed by atoms with E-state index in [4.69, 9.17) is 0 Å². The van der Waals surface area contributed by atoms with Gasteiger partial charge < -0.3 is 9.88 Å². The van der Waals surface area contributed by atoms with Gasteiger partial charge in [0.2, 0.25) is 5.91 Å². The summed E-state index contributed by atoms with van der Waals surface area (Å²) in [6.07, 6.45) is 4.94. The fourth-order valence-corrected chi connectivity index (χ4v) is 3.01. The number of carbonyl (C=O) groups is 1. The molecule has 0 spiro atoms. The Bertz CT molecular complexity index is 898. The summed E-state index contributed by atoms with van der Waals surface area (Å²) in [5, 5.41) is 0. The molecule has 110 valence electrons. The first kappa shape index (κ1) is 12.9. The van der Waals surface area contributed by atoms with E-state index in [-0.39, 0.29) is 5.91 Å². The number of hydrogen-bond acceptors (Lipinski definition) is 4. The quantitative estimate of drug-likeness (QED) is 0.747. The Morgan fingerprint density at radius 1 is 1.23 bits per heavy atom. The molecule has 0 atom stereocenters. The molecule has 0 saturated heterocycles. The maximum absolute atomic E-state index is 12.3. The van der Waals surface area contributed by atoms with Gasteiger partial charge in [0, 0.05) is 25.1 Å². The topological polar surface area (TPSA) is 74.8 Å². The van der Waals surface area contributed by atoms with Crippen LogP contribution >= 0.6 is 0 Å². The van der Waals surface area contributed by atoms with Gasteiger partial charge in [-0.05, 0) is 31.5 Å². The smallest absolute Gasteiger partial charge is 0.236 e. The number of aromatic nitrogens is 4. The third-order valence-corrected chi connectivity index (χ3v) is 4.28. The molecule has 0 unspecified atom stereocenters. The van der Waals surface area contributed by atoms with E-state index in [9.17, 15) is 4.79 Å². The van der Waals surface area contributed by atoms with Gasteiger partial charge in [-0.3, -0.25) is 9.78 Å². The number of H-pyrrole nitrogens is 1. The molecule has 3 heterocycles. The van der Waals surface area contributed by atoms with Crippen LogP contribution in [0.15, 0.2) is 30.7 Å². The van der Waals surface area contributed by atoms with E-state index in [1.807, 2.05) is 33.0 Å². The van der Waals surface area contributed by atoms with E-state index in [0.717, 1.165) is 22.3 Å². The Morgan fingerprint density at radius 2 is 2.05 bits per heavy atom. The van der Waals surface area contributed by atoms with Gasteiger partial charge in [0.25, 0.3) is 0 Å². The van der Waals surface area contributed by atoms with Crippen molar-refractivity contribution in [1.29, 1.82) is 0 Å². The molecule has 4 rings (SSSR count). The number of imidazole rings is 1. The van der Waals surface area contributed by atoms with Crippen molar-refractivity contribution in [3.8, 4) is 11.5 Å². The Hall–Kier alpha value is -2.76. The van der Waals surface area contributed by atoms with Crippen LogP contribution < -0.4 is 4.90 Å². The van der Waals surface area contributed by atoms with Gasteiger partial charge in [0.15, 0.2) is 5.82 Å². The standard InChI is InChI=1S/C16H15N5O/c1-16(2)9-6-10-11(7-13(9)21(3)15(16)22)20-14(19-10)12-8-17-4-5-18-12/h4-8H,1-3H3,(H,19,20). The highest BCUT2D eigenvalue weighted by molar-refractivity contribution is 6.09. The average Bonchev–Trinajstić information content (AvgIpc) is 3.01. The predicted octanol–water partition coefficient (Wildman–Crippen LogP) is 2.27. The van der Waals surface area contributed by atoms with Crippen LogP contribution in [0.1, 0.15) is 19.4 Å². The maximum Gasteiger partial charge on any atom is 0.236 e. The highest BCUT2D eigenvalue weighted by atomic mass is 16.2. The molecule has 2 aromatic heterocycles. The van der Waals surface area contributed by atoms with Crippen molar-refractivity contribution in [2.24, 2.45) is 0 Å². The summed E-state index contributed by atoms with van der Waals surface area (Å²) in [6, 6.07) is 3.96. The van der Waals surface area contributed by atoms with Crippen LogP contribution in [-0.4, -0.2) is 32.9 Å². The second-order valence-electron chi connectivity index (χ2n) is 6.05. The maximum atomic E-state index is 12.3. The fraction of sp³-hybridized carbons (Fsp3) is 0.250. The number of nitrogens with one attached hydrogen (secondary N) is 1. The van der Waals surface area contributed by atoms with Crippen LogP contribution in [0.5, 0.6) is 0 Å². The zero-order valence-corrected chi connectivity index (χ0v) is 12.6. The Morgan fingerprint density at radius 3 is 2.77 bits per heavy atom. The van der Waals surface area contributed by atoms with Crippen molar-refractivity contribution in [1.82, 2.24) is 19.9 Å². The van der Waals surface area contributed by atoms with Crippen LogP contribution in [0.3, 0.4) is 0 Å². The van der Waals surface area contributed by atoms with E-state index in [1.54, 1.807) is 23.5 Å². The van der Waals surface area contributed by atoms with Gasteiger partial charge in [-0.2, -0.15) is 0 Å². The number of nitrogens with zero attached hydrogens (tertiary/aromatic N) is 4. The second kappa shape index (κ2) is 4.13. The molecule has 1 aliphatic heterocycles. The van der Waals surface area contributed by atoms with Crippen LogP contribution in [0.4, 0.5) is 5.69 Å². The highest BCUT2D eigenvalue weighted by Gasteiger charge is 2.42. The molecule has 22 heavy (non-hydrogen) atoms. The van der Waals surface area contributed by atoms with Crippen molar-refractivity contribution < 1.29 is 4.79 Å². The lowest BCUT2D eigenvalue weighted by atomic mass is 9.86. The molecule has 6 heteroatoms. The Labute approximate surface area is 127 Å². The first-order chi connectivity index (χ1) is 10.5. The number of aromatic amines is 1. The molecule has 6 nitrogen and oxygen atoms in total. The minimum atomic E-state index is -0.524. The number of benzene rings is 1. The number of carbonyl (C=O) groups excluding carboxylic acids is 1. The van der Waals surface area contributed by atoms with Gasteiger partial charge in [-0.15, -0.1) is 0 Å². The summed E-state index contributed by atoms with van der Waals surface area (Å²) in [5.41, 5.74) is 3.82. The molecule has 0 radical (unpaired) electrons. The largest absolute Gasteiger partial charge is 0.337 e. The van der Waals surface area contributed by atoms with E-state index >= 15 is 0 Å². The summed E-state index contributed by atoms with van der Waals surface area (Å²) in [5.74, 6) is 0.780. The Balaban J connectivity index is 1.93. The fourth-order valence-electron chi connectivity index (χ4n) is 3.01. The minimum absolute atomic E-state index is 0.101. The number of amides is 1. The molecule has 0 bridgehead atoms. The van der Waals surface area contributed by atoms with Crippen LogP contribution in [0.25, 0.3) is 22.6 Å². The predicted molar refractivity (Wildman–Crippen MR) is 83.6 cm³/mol. The van der Waals surface area contributed by atoms with Crippen molar-refractivity contribution >= 4 is 22.6 Å². The molecule has 0 aliphatic carbocycles. The summed E-state index contributed by atoms with van der Waals surface area (Å²) in [6.45, 7) is 3.89. The zero-order valence-electron chi connectivity index (χ0n) is 12.6. The molecule has 1 aliphatic rings.